The zero-order valence-corrected chi connectivity index (χ0v) is 12.2. The molecule has 2 rings (SSSR count). The van der Waals surface area contributed by atoms with Gasteiger partial charge in [-0.2, -0.15) is 0 Å². The van der Waals surface area contributed by atoms with E-state index in [9.17, 15) is 0 Å². The van der Waals surface area contributed by atoms with Crippen molar-refractivity contribution in [3.05, 3.63) is 29.8 Å². The minimum Gasteiger partial charge on any atom is -0.497 e. The summed E-state index contributed by atoms with van der Waals surface area (Å²) in [4.78, 5) is 0. The third-order valence-electron chi connectivity index (χ3n) is 3.55. The highest BCUT2D eigenvalue weighted by molar-refractivity contribution is 5.26. The van der Waals surface area contributed by atoms with Gasteiger partial charge in [0.05, 0.1) is 19.8 Å². The van der Waals surface area contributed by atoms with Crippen LogP contribution < -0.4 is 10.1 Å². The van der Waals surface area contributed by atoms with Gasteiger partial charge in [-0.25, -0.2) is 0 Å². The van der Waals surface area contributed by atoms with Gasteiger partial charge >= 0.3 is 0 Å². The lowest BCUT2D eigenvalue weighted by Crippen LogP contribution is -2.34. The van der Waals surface area contributed by atoms with E-state index in [1.54, 1.807) is 7.11 Å². The molecule has 3 nitrogen and oxygen atoms in total. The predicted molar refractivity (Wildman–Crippen MR) is 77.4 cm³/mol. The summed E-state index contributed by atoms with van der Waals surface area (Å²) in [6.07, 6.45) is 2.93. The van der Waals surface area contributed by atoms with Gasteiger partial charge in [-0.3, -0.25) is 0 Å². The summed E-state index contributed by atoms with van der Waals surface area (Å²) >= 11 is 0. The summed E-state index contributed by atoms with van der Waals surface area (Å²) < 4.78 is 11.2. The normalized spacial score (nSPS) is 16.6. The van der Waals surface area contributed by atoms with Crippen molar-refractivity contribution in [2.24, 2.45) is 5.92 Å². The SMILES string of the molecule is COc1ccc(COC(CNC2CC2)C(C)C)cc1. The smallest absolute Gasteiger partial charge is 0.118 e. The quantitative estimate of drug-likeness (QED) is 0.782. The number of methoxy groups -OCH3 is 1. The molecule has 1 aromatic carbocycles. The van der Waals surface area contributed by atoms with Gasteiger partial charge in [0, 0.05) is 12.6 Å². The van der Waals surface area contributed by atoms with E-state index in [1.165, 1.54) is 18.4 Å². The summed E-state index contributed by atoms with van der Waals surface area (Å²) in [6, 6.07) is 8.82. The third-order valence-corrected chi connectivity index (χ3v) is 3.55. The fourth-order valence-electron chi connectivity index (χ4n) is 1.98. The Morgan fingerprint density at radius 3 is 2.42 bits per heavy atom. The summed E-state index contributed by atoms with van der Waals surface area (Å²) in [5.74, 6) is 1.42. The van der Waals surface area contributed by atoms with Crippen LogP contribution in [-0.2, 0) is 11.3 Å². The molecule has 1 atom stereocenters. The van der Waals surface area contributed by atoms with Crippen molar-refractivity contribution in [1.29, 1.82) is 0 Å². The van der Waals surface area contributed by atoms with Crippen LogP contribution in [0.25, 0.3) is 0 Å². The fourth-order valence-corrected chi connectivity index (χ4v) is 1.98. The zero-order valence-electron chi connectivity index (χ0n) is 12.2. The lowest BCUT2D eigenvalue weighted by Gasteiger charge is -2.22. The van der Waals surface area contributed by atoms with Gasteiger partial charge in [-0.15, -0.1) is 0 Å². The number of ether oxygens (including phenoxy) is 2. The second kappa shape index (κ2) is 6.92. The lowest BCUT2D eigenvalue weighted by atomic mass is 10.1. The van der Waals surface area contributed by atoms with E-state index in [0.717, 1.165) is 18.3 Å². The highest BCUT2D eigenvalue weighted by Gasteiger charge is 2.23. The molecule has 0 radical (unpaired) electrons. The van der Waals surface area contributed by atoms with Gasteiger partial charge in [-0.1, -0.05) is 26.0 Å². The molecule has 0 spiro atoms. The summed E-state index contributed by atoms with van der Waals surface area (Å²) in [6.45, 7) is 6.05. The third kappa shape index (κ3) is 4.84. The molecular formula is C16H25NO2. The minimum absolute atomic E-state index is 0.280. The Kier molecular flexibility index (Phi) is 5.23. The molecule has 1 aliphatic rings. The first-order valence-corrected chi connectivity index (χ1v) is 7.17. The Morgan fingerprint density at radius 1 is 1.21 bits per heavy atom. The standard InChI is InChI=1S/C16H25NO2/c1-12(2)16(10-17-14-6-7-14)19-11-13-4-8-15(18-3)9-5-13/h4-5,8-9,12,14,16-17H,6-7,10-11H2,1-3H3. The summed E-state index contributed by atoms with van der Waals surface area (Å²) in [7, 11) is 1.68. The zero-order chi connectivity index (χ0) is 13.7. The maximum atomic E-state index is 6.04. The number of hydrogen-bond donors (Lipinski definition) is 1. The van der Waals surface area contributed by atoms with Gasteiger partial charge in [0.25, 0.3) is 0 Å². The molecule has 1 aliphatic carbocycles. The monoisotopic (exact) mass is 263 g/mol. The van der Waals surface area contributed by atoms with Crippen LogP contribution in [0.2, 0.25) is 0 Å². The van der Waals surface area contributed by atoms with Crippen molar-refractivity contribution in [2.75, 3.05) is 13.7 Å². The van der Waals surface area contributed by atoms with Crippen LogP contribution in [0.4, 0.5) is 0 Å². The molecule has 0 bridgehead atoms. The number of benzene rings is 1. The van der Waals surface area contributed by atoms with Crippen LogP contribution in [-0.4, -0.2) is 25.8 Å². The van der Waals surface area contributed by atoms with E-state index in [1.807, 2.05) is 12.1 Å². The first-order chi connectivity index (χ1) is 9.19. The Bertz CT molecular complexity index is 371. The molecule has 106 valence electrons. The van der Waals surface area contributed by atoms with E-state index in [4.69, 9.17) is 9.47 Å². The molecule has 1 saturated carbocycles. The number of rotatable bonds is 8. The molecule has 1 aromatic rings. The molecule has 1 fully saturated rings. The van der Waals surface area contributed by atoms with Gasteiger partial charge in [0.15, 0.2) is 0 Å². The van der Waals surface area contributed by atoms with E-state index in [2.05, 4.69) is 31.3 Å². The van der Waals surface area contributed by atoms with E-state index in [-0.39, 0.29) is 6.10 Å². The first kappa shape index (κ1) is 14.4. The Balaban J connectivity index is 1.78. The Morgan fingerprint density at radius 2 is 1.89 bits per heavy atom. The van der Waals surface area contributed by atoms with Crippen LogP contribution in [0, 0.1) is 5.92 Å². The fraction of sp³-hybridized carbons (Fsp3) is 0.625. The maximum absolute atomic E-state index is 6.04. The van der Waals surface area contributed by atoms with Crippen LogP contribution >= 0.6 is 0 Å². The molecule has 3 heteroatoms. The van der Waals surface area contributed by atoms with Gasteiger partial charge < -0.3 is 14.8 Å². The van der Waals surface area contributed by atoms with Crippen LogP contribution in [0.15, 0.2) is 24.3 Å². The van der Waals surface area contributed by atoms with Crippen molar-refractivity contribution < 1.29 is 9.47 Å². The molecule has 0 saturated heterocycles. The Hall–Kier alpha value is -1.06. The lowest BCUT2D eigenvalue weighted by molar-refractivity contribution is 0.0111. The largest absolute Gasteiger partial charge is 0.497 e. The number of nitrogens with one attached hydrogen (secondary N) is 1. The Labute approximate surface area is 116 Å². The van der Waals surface area contributed by atoms with Gasteiger partial charge in [0.2, 0.25) is 0 Å². The van der Waals surface area contributed by atoms with Crippen LogP contribution in [0.3, 0.4) is 0 Å². The van der Waals surface area contributed by atoms with Crippen molar-refractivity contribution >= 4 is 0 Å². The van der Waals surface area contributed by atoms with Crippen molar-refractivity contribution in [3.8, 4) is 5.75 Å². The minimum atomic E-state index is 0.280. The molecular weight excluding hydrogens is 238 g/mol. The number of hydrogen-bond acceptors (Lipinski definition) is 3. The van der Waals surface area contributed by atoms with Crippen molar-refractivity contribution in [1.82, 2.24) is 5.32 Å². The first-order valence-electron chi connectivity index (χ1n) is 7.17. The summed E-state index contributed by atoms with van der Waals surface area (Å²) in [5.41, 5.74) is 1.19. The molecule has 1 N–H and O–H groups in total. The van der Waals surface area contributed by atoms with Gasteiger partial charge in [-0.05, 0) is 36.5 Å². The van der Waals surface area contributed by atoms with Crippen molar-refractivity contribution in [3.63, 3.8) is 0 Å². The second-order valence-corrected chi connectivity index (χ2v) is 5.62. The van der Waals surface area contributed by atoms with Crippen LogP contribution in [0.5, 0.6) is 5.75 Å². The summed E-state index contributed by atoms with van der Waals surface area (Å²) in [5, 5.41) is 3.55. The van der Waals surface area contributed by atoms with Gasteiger partial charge in [0.1, 0.15) is 5.75 Å². The highest BCUT2D eigenvalue weighted by atomic mass is 16.5. The van der Waals surface area contributed by atoms with Crippen molar-refractivity contribution in [2.45, 2.75) is 45.4 Å². The topological polar surface area (TPSA) is 30.5 Å². The molecule has 0 aromatic heterocycles. The molecule has 19 heavy (non-hydrogen) atoms. The average Bonchev–Trinajstić information content (AvgIpc) is 3.23. The van der Waals surface area contributed by atoms with E-state index in [0.29, 0.717) is 12.5 Å². The van der Waals surface area contributed by atoms with E-state index < -0.39 is 0 Å². The predicted octanol–water partition coefficient (Wildman–Crippen LogP) is 2.99. The highest BCUT2D eigenvalue weighted by Crippen LogP contribution is 2.20. The van der Waals surface area contributed by atoms with E-state index >= 15 is 0 Å². The van der Waals surface area contributed by atoms with Crippen LogP contribution in [0.1, 0.15) is 32.3 Å². The second-order valence-electron chi connectivity index (χ2n) is 5.62. The molecule has 0 amide bonds. The maximum Gasteiger partial charge on any atom is 0.118 e. The molecule has 1 unspecified atom stereocenters. The molecule has 0 aliphatic heterocycles. The average molecular weight is 263 g/mol. The molecule has 0 heterocycles.